The zero-order valence-electron chi connectivity index (χ0n) is 20.0. The predicted molar refractivity (Wildman–Crippen MR) is 130 cm³/mol. The average Bonchev–Trinajstić information content (AvgIpc) is 2.89. The minimum Gasteiger partial charge on any atom is -0.370 e. The molecule has 6 heteroatoms. The van der Waals surface area contributed by atoms with Gasteiger partial charge in [0.15, 0.2) is 0 Å². The number of benzene rings is 3. The summed E-state index contributed by atoms with van der Waals surface area (Å²) in [4.78, 5) is 0. The van der Waals surface area contributed by atoms with Crippen LogP contribution in [0, 0.1) is 5.92 Å². The molecule has 0 radical (unpaired) electrons. The highest BCUT2D eigenvalue weighted by molar-refractivity contribution is 5.25. The van der Waals surface area contributed by atoms with E-state index in [2.05, 4.69) is 0 Å². The molecule has 186 valence electrons. The molecule has 0 bridgehead atoms. The Morgan fingerprint density at radius 3 is 1.83 bits per heavy atom. The largest absolute Gasteiger partial charge is 0.370 e. The number of hydrogen-bond acceptors (Lipinski definition) is 4. The third kappa shape index (κ3) is 5.31. The van der Waals surface area contributed by atoms with Crippen LogP contribution in [0.3, 0.4) is 0 Å². The standard InChI is InChI=1S/C29H32F2O4/c1-3-25-21(2)26(33-19-22-13-7-4-8-14-22)27(34-20-23-15-9-5-10-16-23)29(32,35-25)28(30,31)24-17-11-6-12-18-24/h4-18,21,25-27,32H,3,19-20H2,1-2H3/t21-,25-,26+,27-,29-/m1/s1. The van der Waals surface area contributed by atoms with E-state index >= 15 is 8.78 Å². The molecule has 1 saturated heterocycles. The Balaban J connectivity index is 1.72. The lowest BCUT2D eigenvalue weighted by molar-refractivity contribution is -0.419. The molecule has 1 heterocycles. The third-order valence-electron chi connectivity index (χ3n) is 6.67. The van der Waals surface area contributed by atoms with Crippen LogP contribution in [0.1, 0.15) is 37.0 Å². The van der Waals surface area contributed by atoms with Crippen LogP contribution in [0.25, 0.3) is 0 Å². The fourth-order valence-corrected chi connectivity index (χ4v) is 4.65. The second-order valence-electron chi connectivity index (χ2n) is 9.04. The number of halogens is 2. The van der Waals surface area contributed by atoms with Gasteiger partial charge in [-0.25, -0.2) is 0 Å². The topological polar surface area (TPSA) is 47.9 Å². The van der Waals surface area contributed by atoms with Crippen LogP contribution in [0.5, 0.6) is 0 Å². The van der Waals surface area contributed by atoms with Crippen LogP contribution < -0.4 is 0 Å². The lowest BCUT2D eigenvalue weighted by Crippen LogP contribution is -2.68. The second kappa shape index (κ2) is 11.0. The molecular weight excluding hydrogens is 450 g/mol. The second-order valence-corrected chi connectivity index (χ2v) is 9.04. The van der Waals surface area contributed by atoms with E-state index < -0.39 is 30.0 Å². The Hall–Kier alpha value is -2.64. The molecule has 1 fully saturated rings. The fraction of sp³-hybridized carbons (Fsp3) is 0.379. The number of hydrogen-bond donors (Lipinski definition) is 1. The molecule has 5 atom stereocenters. The zero-order valence-corrected chi connectivity index (χ0v) is 20.0. The summed E-state index contributed by atoms with van der Waals surface area (Å²) in [6.07, 6.45) is -2.49. The minimum atomic E-state index is -3.75. The minimum absolute atomic E-state index is 0.0246. The van der Waals surface area contributed by atoms with Crippen LogP contribution in [0.4, 0.5) is 8.78 Å². The zero-order chi connectivity index (χ0) is 24.9. The van der Waals surface area contributed by atoms with Gasteiger partial charge in [0, 0.05) is 11.5 Å². The molecule has 4 rings (SSSR count). The van der Waals surface area contributed by atoms with Gasteiger partial charge in [-0.2, -0.15) is 8.78 Å². The van der Waals surface area contributed by atoms with Crippen LogP contribution >= 0.6 is 0 Å². The van der Waals surface area contributed by atoms with Crippen molar-refractivity contribution in [2.75, 3.05) is 0 Å². The molecule has 3 aromatic rings. The molecule has 0 spiro atoms. The summed E-state index contributed by atoms with van der Waals surface area (Å²) in [5.74, 6) is -6.98. The molecule has 0 saturated carbocycles. The molecule has 0 aliphatic carbocycles. The van der Waals surface area contributed by atoms with Crippen molar-refractivity contribution in [2.24, 2.45) is 5.92 Å². The van der Waals surface area contributed by atoms with Crippen molar-refractivity contribution >= 4 is 0 Å². The van der Waals surface area contributed by atoms with Crippen molar-refractivity contribution in [1.29, 1.82) is 0 Å². The molecule has 3 aromatic carbocycles. The maximum atomic E-state index is 16.1. The molecule has 35 heavy (non-hydrogen) atoms. The van der Waals surface area contributed by atoms with Crippen molar-refractivity contribution in [3.63, 3.8) is 0 Å². The first-order valence-electron chi connectivity index (χ1n) is 12.0. The summed E-state index contributed by atoms with van der Waals surface area (Å²) in [7, 11) is 0. The summed E-state index contributed by atoms with van der Waals surface area (Å²) >= 11 is 0. The average molecular weight is 483 g/mol. The van der Waals surface area contributed by atoms with Gasteiger partial charge in [0.05, 0.1) is 25.4 Å². The smallest absolute Gasteiger partial charge is 0.328 e. The van der Waals surface area contributed by atoms with E-state index in [4.69, 9.17) is 14.2 Å². The van der Waals surface area contributed by atoms with Crippen LogP contribution in [0.2, 0.25) is 0 Å². The lowest BCUT2D eigenvalue weighted by atomic mass is 9.81. The Morgan fingerprint density at radius 1 is 0.829 bits per heavy atom. The van der Waals surface area contributed by atoms with Crippen molar-refractivity contribution in [3.8, 4) is 0 Å². The molecule has 1 aliphatic heterocycles. The highest BCUT2D eigenvalue weighted by atomic mass is 19.3. The number of alkyl halides is 2. The fourth-order valence-electron chi connectivity index (χ4n) is 4.65. The molecule has 0 amide bonds. The normalized spacial score (nSPS) is 27.0. The molecule has 4 nitrogen and oxygen atoms in total. The van der Waals surface area contributed by atoms with Gasteiger partial charge >= 0.3 is 5.92 Å². The molecule has 0 aromatic heterocycles. The number of rotatable bonds is 9. The van der Waals surface area contributed by atoms with Crippen LogP contribution in [-0.4, -0.2) is 29.2 Å². The first kappa shape index (κ1) is 25.5. The molecule has 0 unspecified atom stereocenters. The number of ether oxygens (including phenoxy) is 3. The highest BCUT2D eigenvalue weighted by Gasteiger charge is 2.67. The lowest BCUT2D eigenvalue weighted by Gasteiger charge is -2.52. The van der Waals surface area contributed by atoms with Gasteiger partial charge in [0.25, 0.3) is 5.79 Å². The van der Waals surface area contributed by atoms with E-state index in [1.807, 2.05) is 74.5 Å². The summed E-state index contributed by atoms with van der Waals surface area (Å²) in [5, 5.41) is 11.7. The van der Waals surface area contributed by atoms with Crippen molar-refractivity contribution < 1.29 is 28.1 Å². The first-order valence-corrected chi connectivity index (χ1v) is 12.0. The van der Waals surface area contributed by atoms with Crippen LogP contribution in [-0.2, 0) is 33.3 Å². The Bertz CT molecular complexity index is 1050. The van der Waals surface area contributed by atoms with E-state index in [-0.39, 0.29) is 24.7 Å². The highest BCUT2D eigenvalue weighted by Crippen LogP contribution is 2.49. The van der Waals surface area contributed by atoms with Crippen molar-refractivity contribution in [1.82, 2.24) is 0 Å². The molecular formula is C29H32F2O4. The monoisotopic (exact) mass is 482 g/mol. The SMILES string of the molecule is CC[C@H]1O[C@@](O)(C(F)(F)c2ccccc2)[C@H](OCc2ccccc2)[C@@H](OCc2ccccc2)[C@@H]1C. The van der Waals surface area contributed by atoms with Gasteiger partial charge in [0.2, 0.25) is 0 Å². The van der Waals surface area contributed by atoms with E-state index in [9.17, 15) is 5.11 Å². The third-order valence-corrected chi connectivity index (χ3v) is 6.67. The Labute approximate surface area is 205 Å². The maximum Gasteiger partial charge on any atom is 0.328 e. The molecule has 1 aliphatic rings. The number of aliphatic hydroxyl groups is 1. The maximum absolute atomic E-state index is 16.1. The van der Waals surface area contributed by atoms with Crippen molar-refractivity contribution in [2.45, 2.75) is 63.5 Å². The van der Waals surface area contributed by atoms with E-state index in [1.54, 1.807) is 6.07 Å². The summed E-state index contributed by atoms with van der Waals surface area (Å²) in [5.41, 5.74) is 1.35. The van der Waals surface area contributed by atoms with E-state index in [0.29, 0.717) is 6.42 Å². The van der Waals surface area contributed by atoms with E-state index in [0.717, 1.165) is 11.1 Å². The summed E-state index contributed by atoms with van der Waals surface area (Å²) < 4.78 is 50.3. The van der Waals surface area contributed by atoms with Gasteiger partial charge in [-0.15, -0.1) is 0 Å². The predicted octanol–water partition coefficient (Wildman–Crippen LogP) is 6.08. The van der Waals surface area contributed by atoms with Gasteiger partial charge in [-0.1, -0.05) is 105 Å². The van der Waals surface area contributed by atoms with Crippen LogP contribution in [0.15, 0.2) is 91.0 Å². The van der Waals surface area contributed by atoms with E-state index in [1.165, 1.54) is 24.3 Å². The van der Waals surface area contributed by atoms with Crippen molar-refractivity contribution in [3.05, 3.63) is 108 Å². The van der Waals surface area contributed by atoms with Gasteiger partial charge in [-0.3, -0.25) is 0 Å². The van der Waals surface area contributed by atoms with Gasteiger partial charge in [-0.05, 0) is 17.5 Å². The van der Waals surface area contributed by atoms with Gasteiger partial charge < -0.3 is 19.3 Å². The summed E-state index contributed by atoms with van der Waals surface area (Å²) in [6.45, 7) is 3.96. The Morgan fingerprint density at radius 2 is 1.31 bits per heavy atom. The molecule has 1 N–H and O–H groups in total. The first-order chi connectivity index (χ1) is 16.9. The summed E-state index contributed by atoms with van der Waals surface area (Å²) in [6, 6.07) is 26.0. The quantitative estimate of drug-likeness (QED) is 0.401. The Kier molecular flexibility index (Phi) is 7.97. The van der Waals surface area contributed by atoms with Gasteiger partial charge in [0.1, 0.15) is 6.10 Å².